The van der Waals surface area contributed by atoms with E-state index < -0.39 is 0 Å². The van der Waals surface area contributed by atoms with E-state index in [1.165, 1.54) is 49.6 Å². The minimum Gasteiger partial charge on any atom is -0.314 e. The third-order valence-electron chi connectivity index (χ3n) is 4.74. The van der Waals surface area contributed by atoms with E-state index in [0.29, 0.717) is 0 Å². The molecule has 1 saturated heterocycles. The van der Waals surface area contributed by atoms with Crippen molar-refractivity contribution in [2.24, 2.45) is 5.92 Å². The molecular formula is C15H26N+. The van der Waals surface area contributed by atoms with Crippen molar-refractivity contribution in [3.63, 3.8) is 0 Å². The van der Waals surface area contributed by atoms with Gasteiger partial charge in [0.25, 0.3) is 0 Å². The summed E-state index contributed by atoms with van der Waals surface area (Å²) in [6.07, 6.45) is 12.9. The molecule has 16 heavy (non-hydrogen) atoms. The first-order valence-corrected chi connectivity index (χ1v) is 6.90. The summed E-state index contributed by atoms with van der Waals surface area (Å²) >= 11 is 0. The maximum absolute atomic E-state index is 3.97. The fourth-order valence-corrected chi connectivity index (χ4v) is 4.12. The zero-order chi connectivity index (χ0) is 11.4. The second-order valence-corrected chi connectivity index (χ2v) is 5.64. The molecule has 0 amide bonds. The number of piperidine rings is 1. The zero-order valence-electron chi connectivity index (χ0n) is 10.5. The van der Waals surface area contributed by atoms with Gasteiger partial charge in [0, 0.05) is 5.92 Å². The molecule has 0 aromatic heterocycles. The van der Waals surface area contributed by atoms with E-state index in [0.717, 1.165) is 25.0 Å². The fourth-order valence-electron chi connectivity index (χ4n) is 4.12. The van der Waals surface area contributed by atoms with E-state index in [2.05, 4.69) is 25.3 Å². The number of likely N-dealkylation sites (tertiary alicyclic amines) is 1. The fraction of sp³-hybridized carbons (Fsp3) is 0.733. The second-order valence-electron chi connectivity index (χ2n) is 5.64. The molecule has 2 unspecified atom stereocenters. The van der Waals surface area contributed by atoms with Crippen molar-refractivity contribution in [2.45, 2.75) is 44.6 Å². The lowest BCUT2D eigenvalue weighted by atomic mass is 9.76. The summed E-state index contributed by atoms with van der Waals surface area (Å²) in [7, 11) is 0. The first-order chi connectivity index (χ1) is 7.82. The van der Waals surface area contributed by atoms with Crippen LogP contribution in [0.1, 0.15) is 38.5 Å². The highest BCUT2D eigenvalue weighted by atomic mass is 15.4. The summed E-state index contributed by atoms with van der Waals surface area (Å²) in [6.45, 7) is 11.6. The molecule has 1 aliphatic heterocycles. The van der Waals surface area contributed by atoms with Gasteiger partial charge in [-0.1, -0.05) is 19.6 Å². The van der Waals surface area contributed by atoms with E-state index in [-0.39, 0.29) is 0 Å². The average molecular weight is 220 g/mol. The standard InChI is InChI=1S/C15H26N/c1-3-11-16(12-4-2)13-7-9-14-8-5-6-10-15(14)16/h3-4,14-15H,1-2,5-13H2/q+1. The molecule has 0 aromatic carbocycles. The van der Waals surface area contributed by atoms with E-state index in [1.807, 2.05) is 0 Å². The Balaban J connectivity index is 2.19. The van der Waals surface area contributed by atoms with Crippen LogP contribution in [0.15, 0.2) is 25.3 Å². The SMILES string of the molecule is C=CC[N+]1(CC=C)CCCC2CCCCC21. The smallest absolute Gasteiger partial charge is 0.0975 e. The molecule has 1 saturated carbocycles. The van der Waals surface area contributed by atoms with Crippen LogP contribution in [-0.2, 0) is 0 Å². The van der Waals surface area contributed by atoms with Crippen LogP contribution in [0.3, 0.4) is 0 Å². The molecule has 2 aliphatic rings. The number of nitrogens with zero attached hydrogens (tertiary/aromatic N) is 1. The Kier molecular flexibility index (Phi) is 3.86. The van der Waals surface area contributed by atoms with Crippen LogP contribution in [0, 0.1) is 5.92 Å². The van der Waals surface area contributed by atoms with Crippen molar-refractivity contribution in [1.82, 2.24) is 0 Å². The van der Waals surface area contributed by atoms with Gasteiger partial charge in [-0.05, 0) is 44.3 Å². The van der Waals surface area contributed by atoms with E-state index in [4.69, 9.17) is 0 Å². The van der Waals surface area contributed by atoms with Crippen LogP contribution in [0.5, 0.6) is 0 Å². The lowest BCUT2D eigenvalue weighted by Crippen LogP contribution is -2.62. The molecule has 0 N–H and O–H groups in total. The topological polar surface area (TPSA) is 0 Å². The molecule has 90 valence electrons. The summed E-state index contributed by atoms with van der Waals surface area (Å²) in [5.41, 5.74) is 0. The molecule has 1 heterocycles. The van der Waals surface area contributed by atoms with Crippen molar-refractivity contribution >= 4 is 0 Å². The Morgan fingerprint density at radius 2 is 1.56 bits per heavy atom. The third-order valence-corrected chi connectivity index (χ3v) is 4.74. The summed E-state index contributed by atoms with van der Waals surface area (Å²) < 4.78 is 1.26. The van der Waals surface area contributed by atoms with Crippen molar-refractivity contribution in [2.75, 3.05) is 19.6 Å². The molecule has 0 aromatic rings. The van der Waals surface area contributed by atoms with Gasteiger partial charge in [0.2, 0.25) is 0 Å². The van der Waals surface area contributed by atoms with Crippen LogP contribution in [-0.4, -0.2) is 30.2 Å². The molecular weight excluding hydrogens is 194 g/mol. The molecule has 1 heteroatoms. The van der Waals surface area contributed by atoms with Gasteiger partial charge in [0.1, 0.15) is 0 Å². The highest BCUT2D eigenvalue weighted by molar-refractivity contribution is 4.85. The minimum absolute atomic E-state index is 0.901. The van der Waals surface area contributed by atoms with Gasteiger partial charge in [-0.3, -0.25) is 0 Å². The monoisotopic (exact) mass is 220 g/mol. The van der Waals surface area contributed by atoms with Crippen LogP contribution in [0.4, 0.5) is 0 Å². The van der Waals surface area contributed by atoms with Crippen LogP contribution in [0.25, 0.3) is 0 Å². The molecule has 1 nitrogen and oxygen atoms in total. The van der Waals surface area contributed by atoms with E-state index >= 15 is 0 Å². The molecule has 2 fully saturated rings. The lowest BCUT2D eigenvalue weighted by molar-refractivity contribution is -0.950. The Morgan fingerprint density at radius 3 is 2.25 bits per heavy atom. The molecule has 1 aliphatic carbocycles. The van der Waals surface area contributed by atoms with Gasteiger partial charge in [-0.15, -0.1) is 0 Å². The summed E-state index contributed by atoms with van der Waals surface area (Å²) in [5, 5.41) is 0. The largest absolute Gasteiger partial charge is 0.314 e. The van der Waals surface area contributed by atoms with Gasteiger partial charge in [-0.25, -0.2) is 0 Å². The normalized spacial score (nSPS) is 32.8. The Morgan fingerprint density at radius 1 is 0.938 bits per heavy atom. The second kappa shape index (κ2) is 5.18. The quantitative estimate of drug-likeness (QED) is 0.502. The van der Waals surface area contributed by atoms with Crippen molar-refractivity contribution < 1.29 is 4.48 Å². The molecule has 0 bridgehead atoms. The molecule has 2 atom stereocenters. The van der Waals surface area contributed by atoms with E-state index in [9.17, 15) is 0 Å². The van der Waals surface area contributed by atoms with Gasteiger partial charge in [-0.2, -0.15) is 0 Å². The zero-order valence-corrected chi connectivity index (χ0v) is 10.5. The number of hydrogen-bond donors (Lipinski definition) is 0. The highest BCUT2D eigenvalue weighted by Crippen LogP contribution is 2.39. The minimum atomic E-state index is 0.901. The third kappa shape index (κ3) is 2.10. The van der Waals surface area contributed by atoms with Gasteiger partial charge in [0.05, 0.1) is 25.7 Å². The summed E-state index contributed by atoms with van der Waals surface area (Å²) in [4.78, 5) is 0. The van der Waals surface area contributed by atoms with Crippen LogP contribution < -0.4 is 0 Å². The number of fused-ring (bicyclic) bond motifs is 1. The predicted molar refractivity (Wildman–Crippen MR) is 70.2 cm³/mol. The van der Waals surface area contributed by atoms with Crippen molar-refractivity contribution in [1.29, 1.82) is 0 Å². The maximum atomic E-state index is 3.97. The Hall–Kier alpha value is -0.560. The Labute approximate surface area is 100 Å². The van der Waals surface area contributed by atoms with Gasteiger partial charge < -0.3 is 4.48 Å². The van der Waals surface area contributed by atoms with Crippen LogP contribution in [0.2, 0.25) is 0 Å². The number of quaternary nitrogens is 1. The molecule has 0 spiro atoms. The molecule has 2 rings (SSSR count). The predicted octanol–water partition coefficient (Wildman–Crippen LogP) is 3.53. The maximum Gasteiger partial charge on any atom is 0.0975 e. The highest BCUT2D eigenvalue weighted by Gasteiger charge is 2.44. The first-order valence-electron chi connectivity index (χ1n) is 6.90. The van der Waals surface area contributed by atoms with Gasteiger partial charge in [0.15, 0.2) is 0 Å². The van der Waals surface area contributed by atoms with Crippen molar-refractivity contribution in [3.8, 4) is 0 Å². The van der Waals surface area contributed by atoms with E-state index in [1.54, 1.807) is 0 Å². The lowest BCUT2D eigenvalue weighted by Gasteiger charge is -2.52. The first kappa shape index (κ1) is 11.9. The average Bonchev–Trinajstić information content (AvgIpc) is 2.30. The van der Waals surface area contributed by atoms with Crippen molar-refractivity contribution in [3.05, 3.63) is 25.3 Å². The molecule has 0 radical (unpaired) electrons. The number of rotatable bonds is 4. The summed E-state index contributed by atoms with van der Waals surface area (Å²) in [5.74, 6) is 0.988. The summed E-state index contributed by atoms with van der Waals surface area (Å²) in [6, 6.07) is 0.901. The van der Waals surface area contributed by atoms with Gasteiger partial charge >= 0.3 is 0 Å². The number of hydrogen-bond acceptors (Lipinski definition) is 0. The Bertz CT molecular complexity index is 244. The van der Waals surface area contributed by atoms with Crippen LogP contribution >= 0.6 is 0 Å².